The van der Waals surface area contributed by atoms with Crippen molar-refractivity contribution in [2.75, 3.05) is 10.6 Å². The first kappa shape index (κ1) is 18.7. The van der Waals surface area contributed by atoms with Crippen molar-refractivity contribution in [1.82, 2.24) is 9.97 Å². The van der Waals surface area contributed by atoms with Crippen LogP contribution in [0.1, 0.15) is 16.3 Å². The van der Waals surface area contributed by atoms with Crippen LogP contribution in [0.4, 0.5) is 30.4 Å². The van der Waals surface area contributed by atoms with Crippen LogP contribution < -0.4 is 10.6 Å². The van der Waals surface area contributed by atoms with Gasteiger partial charge in [-0.25, -0.2) is 23.1 Å². The van der Waals surface area contributed by atoms with Crippen molar-refractivity contribution in [3.8, 4) is 0 Å². The van der Waals surface area contributed by atoms with Crippen molar-refractivity contribution in [1.29, 1.82) is 0 Å². The van der Waals surface area contributed by atoms with Crippen LogP contribution in [-0.4, -0.2) is 15.9 Å². The summed E-state index contributed by atoms with van der Waals surface area (Å²) in [4.78, 5) is 20.4. The Bertz CT molecular complexity index is 1010. The zero-order valence-electron chi connectivity index (χ0n) is 13.9. The molecule has 5 nitrogen and oxygen atoms in total. The fourth-order valence-electron chi connectivity index (χ4n) is 2.26. The number of nitrogens with one attached hydrogen (secondary N) is 2. The second-order valence-electron chi connectivity index (χ2n) is 5.49. The second kappa shape index (κ2) is 7.63. The van der Waals surface area contributed by atoms with Gasteiger partial charge >= 0.3 is 0 Å². The molecule has 0 radical (unpaired) electrons. The monoisotopic (exact) mass is 392 g/mol. The molecule has 2 aromatic carbocycles. The average Bonchev–Trinajstić information content (AvgIpc) is 2.61. The topological polar surface area (TPSA) is 66.9 Å². The van der Waals surface area contributed by atoms with E-state index in [9.17, 15) is 18.0 Å². The first-order chi connectivity index (χ1) is 12.8. The van der Waals surface area contributed by atoms with Crippen LogP contribution in [-0.2, 0) is 0 Å². The lowest BCUT2D eigenvalue weighted by atomic mass is 10.2. The third-order valence-electron chi connectivity index (χ3n) is 3.46. The van der Waals surface area contributed by atoms with Gasteiger partial charge in [0.2, 0.25) is 0 Å². The van der Waals surface area contributed by atoms with Gasteiger partial charge in [0.25, 0.3) is 5.91 Å². The Labute approximate surface area is 157 Å². The van der Waals surface area contributed by atoms with Gasteiger partial charge in [0.05, 0.1) is 5.02 Å². The number of hydrogen-bond donors (Lipinski definition) is 2. The van der Waals surface area contributed by atoms with Crippen molar-refractivity contribution >= 4 is 34.7 Å². The zero-order chi connectivity index (χ0) is 19.6. The minimum absolute atomic E-state index is 0.0845. The number of aromatic nitrogens is 2. The van der Waals surface area contributed by atoms with E-state index in [1.807, 2.05) is 0 Å². The number of rotatable bonds is 4. The van der Waals surface area contributed by atoms with Crippen LogP contribution in [0.15, 0.2) is 42.5 Å². The first-order valence-corrected chi connectivity index (χ1v) is 8.04. The van der Waals surface area contributed by atoms with Gasteiger partial charge < -0.3 is 10.6 Å². The molecule has 0 aliphatic carbocycles. The van der Waals surface area contributed by atoms with E-state index >= 15 is 0 Å². The molecule has 0 bridgehead atoms. The molecule has 0 saturated heterocycles. The lowest BCUT2D eigenvalue weighted by Gasteiger charge is -2.10. The third kappa shape index (κ3) is 4.35. The number of amides is 1. The maximum absolute atomic E-state index is 13.7. The highest BCUT2D eigenvalue weighted by atomic mass is 35.5. The van der Waals surface area contributed by atoms with Crippen LogP contribution in [0.25, 0.3) is 0 Å². The molecule has 9 heteroatoms. The quantitative estimate of drug-likeness (QED) is 0.666. The van der Waals surface area contributed by atoms with E-state index in [4.69, 9.17) is 11.6 Å². The highest BCUT2D eigenvalue weighted by Gasteiger charge is 2.16. The van der Waals surface area contributed by atoms with Crippen LogP contribution in [0.3, 0.4) is 0 Å². The molecule has 1 heterocycles. The van der Waals surface area contributed by atoms with E-state index in [-0.39, 0.29) is 22.4 Å². The Kier molecular flexibility index (Phi) is 5.27. The highest BCUT2D eigenvalue weighted by molar-refractivity contribution is 6.31. The predicted molar refractivity (Wildman–Crippen MR) is 95.8 cm³/mol. The molecule has 0 spiro atoms. The summed E-state index contributed by atoms with van der Waals surface area (Å²) in [5, 5.41) is 4.93. The summed E-state index contributed by atoms with van der Waals surface area (Å²) in [6.07, 6.45) is 0. The van der Waals surface area contributed by atoms with Crippen molar-refractivity contribution in [2.45, 2.75) is 6.92 Å². The van der Waals surface area contributed by atoms with Gasteiger partial charge in [-0.3, -0.25) is 4.79 Å². The third-order valence-corrected chi connectivity index (χ3v) is 3.75. The summed E-state index contributed by atoms with van der Waals surface area (Å²) in [6, 6.07) is 8.48. The van der Waals surface area contributed by atoms with E-state index in [1.165, 1.54) is 30.3 Å². The molecule has 0 atom stereocenters. The van der Waals surface area contributed by atoms with Crippen LogP contribution in [0.2, 0.25) is 5.02 Å². The summed E-state index contributed by atoms with van der Waals surface area (Å²) < 4.78 is 40.6. The lowest BCUT2D eigenvalue weighted by Crippen LogP contribution is -2.17. The molecule has 0 aliphatic heterocycles. The first-order valence-electron chi connectivity index (χ1n) is 7.66. The molecule has 0 unspecified atom stereocenters. The Morgan fingerprint density at radius 3 is 2.37 bits per heavy atom. The molecule has 2 N–H and O–H groups in total. The molecule has 138 valence electrons. The van der Waals surface area contributed by atoms with Gasteiger partial charge in [-0.15, -0.1) is 0 Å². The number of hydrogen-bond acceptors (Lipinski definition) is 4. The predicted octanol–water partition coefficient (Wildman–Crippen LogP) is 4.85. The Morgan fingerprint density at radius 2 is 1.70 bits per heavy atom. The van der Waals surface area contributed by atoms with Gasteiger partial charge in [-0.2, -0.15) is 0 Å². The second-order valence-corrected chi connectivity index (χ2v) is 5.90. The van der Waals surface area contributed by atoms with E-state index in [2.05, 4.69) is 20.6 Å². The maximum Gasteiger partial charge on any atom is 0.274 e. The minimum atomic E-state index is -0.909. The van der Waals surface area contributed by atoms with Gasteiger partial charge in [0, 0.05) is 11.8 Å². The summed E-state index contributed by atoms with van der Waals surface area (Å²) in [7, 11) is 0. The Morgan fingerprint density at radius 1 is 1.00 bits per heavy atom. The number of benzene rings is 2. The van der Waals surface area contributed by atoms with Crippen LogP contribution >= 0.6 is 11.6 Å². The number of carbonyl (C=O) groups excluding carboxylic acids is 1. The molecule has 0 saturated carbocycles. The molecule has 0 aliphatic rings. The number of para-hydroxylation sites is 1. The molecular weight excluding hydrogens is 381 g/mol. The normalized spacial score (nSPS) is 10.6. The number of carbonyl (C=O) groups is 1. The van der Waals surface area contributed by atoms with Crippen molar-refractivity contribution in [3.63, 3.8) is 0 Å². The molecule has 1 amide bonds. The average molecular weight is 393 g/mol. The van der Waals surface area contributed by atoms with E-state index in [0.29, 0.717) is 5.69 Å². The number of halogens is 4. The van der Waals surface area contributed by atoms with Crippen molar-refractivity contribution in [2.24, 2.45) is 0 Å². The highest BCUT2D eigenvalue weighted by Crippen LogP contribution is 2.23. The zero-order valence-corrected chi connectivity index (χ0v) is 14.6. The summed E-state index contributed by atoms with van der Waals surface area (Å²) in [5.74, 6) is -2.74. The Hall–Kier alpha value is -3.13. The Balaban J connectivity index is 1.86. The summed E-state index contributed by atoms with van der Waals surface area (Å²) >= 11 is 5.73. The molecule has 1 aromatic heterocycles. The maximum atomic E-state index is 13.7. The van der Waals surface area contributed by atoms with Crippen LogP contribution in [0, 0.1) is 24.4 Å². The molecule has 0 fully saturated rings. The van der Waals surface area contributed by atoms with Gasteiger partial charge in [0.15, 0.2) is 0 Å². The van der Waals surface area contributed by atoms with E-state index < -0.39 is 29.0 Å². The fraction of sp³-hybridized carbons (Fsp3) is 0.0556. The SMILES string of the molecule is Cc1nc(Nc2ccc(F)c(Cl)c2)cc(C(=O)Nc2c(F)cccc2F)n1. The summed E-state index contributed by atoms with van der Waals surface area (Å²) in [5.41, 5.74) is -0.245. The largest absolute Gasteiger partial charge is 0.340 e. The van der Waals surface area contributed by atoms with E-state index in [1.54, 1.807) is 6.92 Å². The van der Waals surface area contributed by atoms with Gasteiger partial charge in [-0.05, 0) is 37.3 Å². The van der Waals surface area contributed by atoms with Gasteiger partial charge in [-0.1, -0.05) is 17.7 Å². The molecule has 3 aromatic rings. The van der Waals surface area contributed by atoms with Crippen molar-refractivity contribution < 1.29 is 18.0 Å². The lowest BCUT2D eigenvalue weighted by molar-refractivity contribution is 0.102. The van der Waals surface area contributed by atoms with Crippen molar-refractivity contribution in [3.05, 3.63) is 76.5 Å². The molecular formula is C18H12ClF3N4O. The fourth-order valence-corrected chi connectivity index (χ4v) is 2.45. The smallest absolute Gasteiger partial charge is 0.274 e. The minimum Gasteiger partial charge on any atom is -0.340 e. The molecule has 27 heavy (non-hydrogen) atoms. The molecule has 3 rings (SSSR count). The number of anilines is 3. The number of aryl methyl sites for hydroxylation is 1. The van der Waals surface area contributed by atoms with E-state index in [0.717, 1.165) is 12.1 Å². The number of nitrogens with zero attached hydrogens (tertiary/aromatic N) is 2. The van der Waals surface area contributed by atoms with Crippen LogP contribution in [0.5, 0.6) is 0 Å². The summed E-state index contributed by atoms with van der Waals surface area (Å²) in [6.45, 7) is 1.54. The standard InChI is InChI=1S/C18H12ClF3N4O/c1-9-23-15(18(27)26-17-13(21)3-2-4-14(17)22)8-16(24-9)25-10-5-6-12(20)11(19)7-10/h2-8H,1H3,(H,26,27)(H,23,24,25). The van der Waals surface area contributed by atoms with Gasteiger partial charge in [0.1, 0.15) is 40.5 Å².